The summed E-state index contributed by atoms with van der Waals surface area (Å²) >= 11 is 6.78. The number of hydrogen-bond donors (Lipinski definition) is 3. The van der Waals surface area contributed by atoms with E-state index in [0.29, 0.717) is 17.5 Å². The minimum atomic E-state index is -0.532. The van der Waals surface area contributed by atoms with Crippen molar-refractivity contribution in [1.29, 1.82) is 0 Å². The van der Waals surface area contributed by atoms with Gasteiger partial charge in [-0.2, -0.15) is 0 Å². The first-order valence-electron chi connectivity index (χ1n) is 11.6. The summed E-state index contributed by atoms with van der Waals surface area (Å²) in [7, 11) is 6.11. The summed E-state index contributed by atoms with van der Waals surface area (Å²) in [6.45, 7) is 1.74. The van der Waals surface area contributed by atoms with Gasteiger partial charge in [-0.3, -0.25) is 9.59 Å². The van der Waals surface area contributed by atoms with Gasteiger partial charge >= 0.3 is 0 Å². The van der Waals surface area contributed by atoms with Gasteiger partial charge < -0.3 is 25.8 Å². The maximum atomic E-state index is 13.2. The highest BCUT2D eigenvalue weighted by molar-refractivity contribution is 7.82. The van der Waals surface area contributed by atoms with Gasteiger partial charge in [0.2, 0.25) is 0 Å². The van der Waals surface area contributed by atoms with E-state index in [1.807, 2.05) is 14.1 Å². The quantitative estimate of drug-likeness (QED) is 0.514. The van der Waals surface area contributed by atoms with E-state index in [-0.39, 0.29) is 28.8 Å². The monoisotopic (exact) mass is 519 g/mol. The number of thiocarbonyl (C=S) groups is 1. The zero-order chi connectivity index (χ0) is 25.1. The standard InChI is InChI=1S/C23H30FN7O2S2/c1-30(2)14-5-6-15(27-22(34)20(32)29-19-7-4-13(24)11-25-19)17(10-14)26-21(33)23-28-16-8-9-31(3)12-18(16)35-23/h4,7,11,14-15,17H,5-6,8-10,12H2,1-3H3,(H,26,33)(H,27,34)(H,25,29,32)/t14-,15-,17+/m0/s1. The lowest BCUT2D eigenvalue weighted by molar-refractivity contribution is -0.110. The lowest BCUT2D eigenvalue weighted by Gasteiger charge is -2.39. The summed E-state index contributed by atoms with van der Waals surface area (Å²) < 4.78 is 13.1. The second kappa shape index (κ2) is 11.0. The number of likely N-dealkylation sites (N-methyl/N-ethyl adjacent to an activating group) is 1. The largest absolute Gasteiger partial charge is 0.367 e. The molecule has 2 aromatic rings. The van der Waals surface area contributed by atoms with Crippen LogP contribution in [0.25, 0.3) is 0 Å². The highest BCUT2D eigenvalue weighted by Crippen LogP contribution is 2.26. The van der Waals surface area contributed by atoms with Gasteiger partial charge in [0.25, 0.3) is 11.8 Å². The van der Waals surface area contributed by atoms with E-state index in [2.05, 4.69) is 42.8 Å². The molecule has 0 bridgehead atoms. The Kier molecular flexibility index (Phi) is 8.05. The molecule has 3 heterocycles. The molecule has 1 aliphatic heterocycles. The average Bonchev–Trinajstić information content (AvgIpc) is 3.25. The van der Waals surface area contributed by atoms with Crippen molar-refractivity contribution >= 4 is 46.2 Å². The van der Waals surface area contributed by atoms with Crippen molar-refractivity contribution in [2.75, 3.05) is 33.0 Å². The van der Waals surface area contributed by atoms with Crippen LogP contribution in [0.1, 0.15) is 39.6 Å². The van der Waals surface area contributed by atoms with Gasteiger partial charge in [-0.15, -0.1) is 11.3 Å². The lowest BCUT2D eigenvalue weighted by Crippen LogP contribution is -2.58. The summed E-state index contributed by atoms with van der Waals surface area (Å²) in [6.07, 6.45) is 4.22. The predicted octanol–water partition coefficient (Wildman–Crippen LogP) is 1.80. The van der Waals surface area contributed by atoms with Crippen molar-refractivity contribution in [3.05, 3.63) is 39.7 Å². The fourth-order valence-electron chi connectivity index (χ4n) is 4.46. The van der Waals surface area contributed by atoms with Gasteiger partial charge in [0.05, 0.1) is 17.9 Å². The van der Waals surface area contributed by atoms with Crippen LogP contribution >= 0.6 is 23.6 Å². The molecule has 188 valence electrons. The van der Waals surface area contributed by atoms with Crippen LogP contribution in [0.15, 0.2) is 18.3 Å². The summed E-state index contributed by atoms with van der Waals surface area (Å²) in [5.41, 5.74) is 1.01. The Morgan fingerprint density at radius 3 is 2.74 bits per heavy atom. The minimum Gasteiger partial charge on any atom is -0.367 e. The first-order valence-corrected chi connectivity index (χ1v) is 12.8. The van der Waals surface area contributed by atoms with Crippen molar-refractivity contribution in [2.45, 2.75) is 50.4 Å². The van der Waals surface area contributed by atoms with Crippen LogP contribution in [0.3, 0.4) is 0 Å². The fraction of sp³-hybridized carbons (Fsp3) is 0.522. The Bertz CT molecular complexity index is 1090. The molecule has 4 rings (SSSR count). The summed E-state index contributed by atoms with van der Waals surface area (Å²) in [5, 5.41) is 9.32. The zero-order valence-electron chi connectivity index (χ0n) is 20.0. The van der Waals surface area contributed by atoms with Crippen molar-refractivity contribution in [2.24, 2.45) is 0 Å². The number of carbonyl (C=O) groups excluding carboxylic acids is 2. The number of rotatable bonds is 5. The molecule has 3 N–H and O–H groups in total. The fourth-order valence-corrected chi connectivity index (χ4v) is 5.75. The third kappa shape index (κ3) is 6.37. The summed E-state index contributed by atoms with van der Waals surface area (Å²) in [5.74, 6) is -1.02. The number of amides is 2. The molecular formula is C23H30FN7O2S2. The summed E-state index contributed by atoms with van der Waals surface area (Å²) in [4.78, 5) is 39.7. The Hall–Kier alpha value is -2.54. The number of anilines is 1. The first kappa shape index (κ1) is 25.5. The van der Waals surface area contributed by atoms with Gasteiger partial charge in [0, 0.05) is 36.5 Å². The molecule has 0 aromatic carbocycles. The molecule has 1 aliphatic carbocycles. The first-order chi connectivity index (χ1) is 16.7. The molecule has 9 nitrogen and oxygen atoms in total. The van der Waals surface area contributed by atoms with Crippen LogP contribution in [0, 0.1) is 5.82 Å². The number of fused-ring (bicyclic) bond motifs is 1. The lowest BCUT2D eigenvalue weighted by atomic mass is 9.86. The van der Waals surface area contributed by atoms with E-state index in [1.54, 1.807) is 0 Å². The number of carbonyl (C=O) groups is 2. The molecule has 2 amide bonds. The molecule has 0 saturated heterocycles. The number of pyridine rings is 1. The SMILES string of the molecule is CN1CCc2nc(C(=O)N[C@@H]3C[C@@H](N(C)C)CC[C@@H]3NC(=S)C(=O)Nc3ccc(F)cn3)sc2C1. The number of aromatic nitrogens is 2. The molecule has 2 aromatic heterocycles. The van der Waals surface area contributed by atoms with Gasteiger partial charge in [-0.1, -0.05) is 12.2 Å². The van der Waals surface area contributed by atoms with Crippen LogP contribution in [0.2, 0.25) is 0 Å². The maximum Gasteiger partial charge on any atom is 0.284 e. The van der Waals surface area contributed by atoms with Crippen LogP contribution in [0.5, 0.6) is 0 Å². The topological polar surface area (TPSA) is 102 Å². The number of nitrogens with zero attached hydrogens (tertiary/aromatic N) is 4. The number of nitrogens with one attached hydrogen (secondary N) is 3. The van der Waals surface area contributed by atoms with Crippen molar-refractivity contribution in [3.8, 4) is 0 Å². The zero-order valence-corrected chi connectivity index (χ0v) is 21.6. The molecule has 2 aliphatic rings. The molecule has 0 radical (unpaired) electrons. The van der Waals surface area contributed by atoms with Crippen molar-refractivity contribution in [3.63, 3.8) is 0 Å². The van der Waals surface area contributed by atoms with Crippen LogP contribution < -0.4 is 16.0 Å². The van der Waals surface area contributed by atoms with E-state index < -0.39 is 11.7 Å². The molecular weight excluding hydrogens is 489 g/mol. The van der Waals surface area contributed by atoms with Crippen LogP contribution in [0.4, 0.5) is 10.2 Å². The maximum absolute atomic E-state index is 13.2. The van der Waals surface area contributed by atoms with E-state index >= 15 is 0 Å². The Morgan fingerprint density at radius 1 is 1.23 bits per heavy atom. The van der Waals surface area contributed by atoms with Crippen LogP contribution in [-0.4, -0.2) is 82.4 Å². The van der Waals surface area contributed by atoms with E-state index in [9.17, 15) is 14.0 Å². The Morgan fingerprint density at radius 2 is 2.03 bits per heavy atom. The third-order valence-electron chi connectivity index (χ3n) is 6.48. The second-order valence-electron chi connectivity index (χ2n) is 9.28. The molecule has 0 spiro atoms. The van der Waals surface area contributed by atoms with Gasteiger partial charge in [0.15, 0.2) is 10.00 Å². The van der Waals surface area contributed by atoms with E-state index in [0.717, 1.165) is 49.1 Å². The Balaban J connectivity index is 1.42. The highest BCUT2D eigenvalue weighted by atomic mass is 32.1. The molecule has 35 heavy (non-hydrogen) atoms. The van der Waals surface area contributed by atoms with Gasteiger partial charge in [-0.05, 0) is 52.5 Å². The molecule has 1 saturated carbocycles. The minimum absolute atomic E-state index is 0.00331. The third-order valence-corrected chi connectivity index (χ3v) is 7.86. The Labute approximate surface area is 213 Å². The second-order valence-corrected chi connectivity index (χ2v) is 10.8. The molecule has 12 heteroatoms. The normalized spacial score (nSPS) is 22.4. The number of halogens is 1. The van der Waals surface area contributed by atoms with E-state index in [4.69, 9.17) is 12.2 Å². The average molecular weight is 520 g/mol. The highest BCUT2D eigenvalue weighted by Gasteiger charge is 2.34. The number of thiazole rings is 1. The van der Waals surface area contributed by atoms with Gasteiger partial charge in [0.1, 0.15) is 11.6 Å². The van der Waals surface area contributed by atoms with Crippen LogP contribution in [-0.2, 0) is 17.8 Å². The van der Waals surface area contributed by atoms with Gasteiger partial charge in [-0.25, -0.2) is 14.4 Å². The van der Waals surface area contributed by atoms with Crippen molar-refractivity contribution < 1.29 is 14.0 Å². The molecule has 3 atom stereocenters. The smallest absolute Gasteiger partial charge is 0.284 e. The molecule has 1 fully saturated rings. The summed E-state index contributed by atoms with van der Waals surface area (Å²) in [6, 6.07) is 2.42. The number of hydrogen-bond acceptors (Lipinski definition) is 8. The van der Waals surface area contributed by atoms with Crippen molar-refractivity contribution in [1.82, 2.24) is 30.4 Å². The van der Waals surface area contributed by atoms with E-state index in [1.165, 1.54) is 23.5 Å². The molecule has 0 unspecified atom stereocenters. The predicted molar refractivity (Wildman–Crippen MR) is 137 cm³/mol.